The van der Waals surface area contributed by atoms with Crippen LogP contribution in [0.2, 0.25) is 0 Å². The summed E-state index contributed by atoms with van der Waals surface area (Å²) in [5.41, 5.74) is 0.918. The summed E-state index contributed by atoms with van der Waals surface area (Å²) in [5, 5.41) is 20.7. The molecule has 0 unspecified atom stereocenters. The number of thioether (sulfide) groups is 1. The van der Waals surface area contributed by atoms with E-state index in [0.29, 0.717) is 21.9 Å². The average Bonchev–Trinajstić information content (AvgIpc) is 2.98. The molecule has 2 aromatic rings. The Kier molecular flexibility index (Phi) is 5.70. The summed E-state index contributed by atoms with van der Waals surface area (Å²) in [6, 6.07) is 10.1. The lowest BCUT2D eigenvalue weighted by Crippen LogP contribution is -2.10. The summed E-state index contributed by atoms with van der Waals surface area (Å²) in [7, 11) is 2.64. The van der Waals surface area contributed by atoms with Crippen LogP contribution in [0.4, 0.5) is 10.1 Å². The zero-order valence-corrected chi connectivity index (χ0v) is 15.8. The molecule has 0 aliphatic carbocycles. The first kappa shape index (κ1) is 19.5. The van der Waals surface area contributed by atoms with E-state index in [-0.39, 0.29) is 22.1 Å². The van der Waals surface area contributed by atoms with Gasteiger partial charge < -0.3 is 19.7 Å². The second kappa shape index (κ2) is 8.18. The fraction of sp³-hybridized carbons (Fsp3) is 0.100. The van der Waals surface area contributed by atoms with Gasteiger partial charge in [-0.1, -0.05) is 17.8 Å². The van der Waals surface area contributed by atoms with E-state index in [0.717, 1.165) is 11.8 Å². The number of aliphatic hydroxyl groups excluding tert-OH is 1. The van der Waals surface area contributed by atoms with Gasteiger partial charge in [0.1, 0.15) is 22.2 Å². The summed E-state index contributed by atoms with van der Waals surface area (Å²) in [5.74, 6) is -1.18. The molecular formula is C20H16FNO5S. The number of carbonyl (C=O) groups excluding carboxylic acids is 1. The molecule has 0 atom stereocenters. The highest BCUT2D eigenvalue weighted by atomic mass is 32.2. The fourth-order valence-electron chi connectivity index (χ4n) is 2.47. The summed E-state index contributed by atoms with van der Waals surface area (Å²) in [6.45, 7) is 0. The SMILES string of the molecule is COC(=O)C1=C(O)/C(=C\c2ccc(OC)c(O)c2)SC1=Nc1ccc(F)cc1. The topological polar surface area (TPSA) is 88.4 Å². The normalized spacial score (nSPS) is 16.7. The van der Waals surface area contributed by atoms with Crippen LogP contribution in [0, 0.1) is 5.82 Å². The van der Waals surface area contributed by atoms with Gasteiger partial charge in [0.15, 0.2) is 11.5 Å². The zero-order valence-electron chi connectivity index (χ0n) is 15.0. The molecule has 0 radical (unpaired) electrons. The highest BCUT2D eigenvalue weighted by Crippen LogP contribution is 2.40. The smallest absolute Gasteiger partial charge is 0.344 e. The molecule has 1 aliphatic heterocycles. The molecule has 0 aromatic heterocycles. The van der Waals surface area contributed by atoms with Crippen LogP contribution in [-0.4, -0.2) is 35.4 Å². The predicted molar refractivity (Wildman–Crippen MR) is 105 cm³/mol. The molecule has 144 valence electrons. The molecule has 2 N–H and O–H groups in total. The van der Waals surface area contributed by atoms with Crippen LogP contribution < -0.4 is 4.74 Å². The Hall–Kier alpha value is -3.26. The Morgan fingerprint density at radius 3 is 2.46 bits per heavy atom. The number of phenols is 1. The number of aliphatic imine (C=N–C) groups is 1. The van der Waals surface area contributed by atoms with Crippen LogP contribution in [0.15, 0.2) is 63.7 Å². The lowest BCUT2D eigenvalue weighted by atomic mass is 10.1. The molecule has 0 amide bonds. The number of carbonyl (C=O) groups is 1. The first-order chi connectivity index (χ1) is 13.4. The number of benzene rings is 2. The van der Waals surface area contributed by atoms with Gasteiger partial charge in [-0.05, 0) is 48.0 Å². The van der Waals surface area contributed by atoms with Crippen molar-refractivity contribution in [2.45, 2.75) is 0 Å². The van der Waals surface area contributed by atoms with Crippen LogP contribution >= 0.6 is 11.8 Å². The third kappa shape index (κ3) is 4.01. The Labute approximate surface area is 164 Å². The number of aliphatic hydroxyl groups is 1. The number of aromatic hydroxyl groups is 1. The third-order valence-corrected chi connectivity index (χ3v) is 4.86. The van der Waals surface area contributed by atoms with Crippen molar-refractivity contribution in [2.24, 2.45) is 4.99 Å². The number of phenolic OH excluding ortho intramolecular Hbond substituents is 1. The summed E-state index contributed by atoms with van der Waals surface area (Å²) >= 11 is 1.06. The number of halogens is 1. The monoisotopic (exact) mass is 401 g/mol. The van der Waals surface area contributed by atoms with Crippen molar-refractivity contribution < 1.29 is 28.9 Å². The van der Waals surface area contributed by atoms with Crippen LogP contribution in [0.25, 0.3) is 6.08 Å². The van der Waals surface area contributed by atoms with Gasteiger partial charge in [-0.2, -0.15) is 0 Å². The maximum atomic E-state index is 13.1. The van der Waals surface area contributed by atoms with E-state index in [1.807, 2.05) is 0 Å². The zero-order chi connectivity index (χ0) is 20.3. The molecule has 2 aromatic carbocycles. The van der Waals surface area contributed by atoms with Gasteiger partial charge in [-0.15, -0.1) is 0 Å². The maximum Gasteiger partial charge on any atom is 0.344 e. The largest absolute Gasteiger partial charge is 0.506 e. The minimum atomic E-state index is -0.744. The van der Waals surface area contributed by atoms with E-state index >= 15 is 0 Å². The molecule has 1 heterocycles. The average molecular weight is 401 g/mol. The molecule has 0 spiro atoms. The van der Waals surface area contributed by atoms with Gasteiger partial charge in [0.05, 0.1) is 24.8 Å². The second-order valence-corrected chi connectivity index (χ2v) is 6.68. The molecule has 28 heavy (non-hydrogen) atoms. The van der Waals surface area contributed by atoms with Gasteiger partial charge >= 0.3 is 5.97 Å². The standard InChI is InChI=1S/C20H16FNO5S/c1-26-15-8-3-11(9-14(15)23)10-16-18(24)17(20(25)27-2)19(28-16)22-13-6-4-12(21)5-7-13/h3-10,23-24H,1-2H3/b16-10+,22-19?. The van der Waals surface area contributed by atoms with Crippen molar-refractivity contribution in [1.82, 2.24) is 0 Å². The number of ether oxygens (including phenoxy) is 2. The van der Waals surface area contributed by atoms with E-state index in [2.05, 4.69) is 4.99 Å². The Morgan fingerprint density at radius 2 is 1.86 bits per heavy atom. The van der Waals surface area contributed by atoms with Gasteiger partial charge in [0.2, 0.25) is 0 Å². The summed E-state index contributed by atoms with van der Waals surface area (Å²) < 4.78 is 22.8. The molecule has 0 saturated carbocycles. The minimum Gasteiger partial charge on any atom is -0.506 e. The number of hydrogen-bond donors (Lipinski definition) is 2. The molecule has 0 fully saturated rings. The lowest BCUT2D eigenvalue weighted by molar-refractivity contribution is -0.135. The number of rotatable bonds is 4. The van der Waals surface area contributed by atoms with E-state index in [9.17, 15) is 19.4 Å². The van der Waals surface area contributed by atoms with E-state index in [4.69, 9.17) is 9.47 Å². The Balaban J connectivity index is 2.02. The van der Waals surface area contributed by atoms with Crippen LogP contribution in [0.5, 0.6) is 11.5 Å². The van der Waals surface area contributed by atoms with Gasteiger partial charge in [-0.3, -0.25) is 0 Å². The highest BCUT2D eigenvalue weighted by molar-refractivity contribution is 8.18. The number of esters is 1. The van der Waals surface area contributed by atoms with Crippen molar-refractivity contribution in [2.75, 3.05) is 14.2 Å². The summed E-state index contributed by atoms with van der Waals surface area (Å²) in [6.07, 6.45) is 1.59. The van der Waals surface area contributed by atoms with Crippen LogP contribution in [0.3, 0.4) is 0 Å². The molecule has 0 bridgehead atoms. The predicted octanol–water partition coefficient (Wildman–Crippen LogP) is 4.34. The van der Waals surface area contributed by atoms with Crippen LogP contribution in [0.1, 0.15) is 5.56 Å². The van der Waals surface area contributed by atoms with E-state index < -0.39 is 11.8 Å². The van der Waals surface area contributed by atoms with Crippen LogP contribution in [-0.2, 0) is 9.53 Å². The van der Waals surface area contributed by atoms with Crippen molar-refractivity contribution >= 4 is 34.5 Å². The molecular weight excluding hydrogens is 385 g/mol. The van der Waals surface area contributed by atoms with Crippen molar-refractivity contribution in [1.29, 1.82) is 0 Å². The maximum absolute atomic E-state index is 13.1. The first-order valence-electron chi connectivity index (χ1n) is 8.06. The molecule has 6 nitrogen and oxygen atoms in total. The number of nitrogens with zero attached hydrogens (tertiary/aromatic N) is 1. The van der Waals surface area contributed by atoms with Crippen molar-refractivity contribution in [3.63, 3.8) is 0 Å². The highest BCUT2D eigenvalue weighted by Gasteiger charge is 2.33. The molecule has 8 heteroatoms. The Morgan fingerprint density at radius 1 is 1.14 bits per heavy atom. The number of hydrogen-bond acceptors (Lipinski definition) is 7. The van der Waals surface area contributed by atoms with Crippen molar-refractivity contribution in [3.8, 4) is 11.5 Å². The van der Waals surface area contributed by atoms with Gasteiger partial charge in [0.25, 0.3) is 0 Å². The first-order valence-corrected chi connectivity index (χ1v) is 8.87. The Bertz CT molecular complexity index is 1010. The molecule has 1 aliphatic rings. The molecule has 3 rings (SSSR count). The van der Waals surface area contributed by atoms with E-state index in [1.54, 1.807) is 18.2 Å². The lowest BCUT2D eigenvalue weighted by Gasteiger charge is -2.04. The molecule has 0 saturated heterocycles. The quantitative estimate of drug-likeness (QED) is 0.741. The third-order valence-electron chi connectivity index (χ3n) is 3.84. The number of methoxy groups -OCH3 is 2. The second-order valence-electron chi connectivity index (χ2n) is 5.65. The van der Waals surface area contributed by atoms with E-state index in [1.165, 1.54) is 44.6 Å². The minimum absolute atomic E-state index is 0.0586. The fourth-order valence-corrected chi connectivity index (χ4v) is 3.51. The van der Waals surface area contributed by atoms with Gasteiger partial charge in [0, 0.05) is 0 Å². The summed E-state index contributed by atoms with van der Waals surface area (Å²) in [4.78, 5) is 16.8. The van der Waals surface area contributed by atoms with Crippen molar-refractivity contribution in [3.05, 3.63) is 70.1 Å². The van der Waals surface area contributed by atoms with Gasteiger partial charge in [-0.25, -0.2) is 14.2 Å².